The molecule has 11 aliphatic rings. The van der Waals surface area contributed by atoms with Crippen molar-refractivity contribution in [3.63, 3.8) is 0 Å². The van der Waals surface area contributed by atoms with E-state index in [4.69, 9.17) is 66.3 Å². The zero-order valence-electron chi connectivity index (χ0n) is 91.6. The van der Waals surface area contributed by atoms with Crippen molar-refractivity contribution >= 4 is 11.9 Å². The largest absolute Gasteiger partial charge is 0.392 e. The van der Waals surface area contributed by atoms with Crippen molar-refractivity contribution in [1.29, 1.82) is 0 Å². The van der Waals surface area contributed by atoms with E-state index in [-0.39, 0.29) is 55.4 Å². The fraction of sp³-hybridized carbons (Fsp3) is 0.981. The average Bonchev–Trinajstić information content (AvgIpc) is 1.73. The summed E-state index contributed by atoms with van der Waals surface area (Å²) < 4.78 is 114. The number of amides is 3. The van der Waals surface area contributed by atoms with Crippen LogP contribution in [0.1, 0.15) is 229 Å². The number of nitrogens with one attached hydrogen (secondary N) is 1. The molecule has 3 amide bonds. The van der Waals surface area contributed by atoms with Crippen LogP contribution in [0.25, 0.3) is 0 Å². The number of β-amino-alcohol motifs (C(OH)–C–C–N with tert-alkyl or cyclic N) is 1. The summed E-state index contributed by atoms with van der Waals surface area (Å²) in [7, 11) is 6.59. The van der Waals surface area contributed by atoms with Crippen molar-refractivity contribution < 1.29 is 94.2 Å². The second kappa shape index (κ2) is 83.7. The number of carbonyl (C=O) groups excluding carboxylic acids is 2. The number of piperazine rings is 2. The molecule has 11 saturated heterocycles. The fourth-order valence-electron chi connectivity index (χ4n) is 15.5. The molecule has 0 bridgehead atoms. The summed E-state index contributed by atoms with van der Waals surface area (Å²) >= 11 is 0. The number of carbonyl (C=O) groups is 2. The molecule has 11 heterocycles. The number of morpholine rings is 2. The molecule has 3 atom stereocenters. The third-order valence-corrected chi connectivity index (χ3v) is 23.7. The molecule has 2 N–H and O–H groups in total. The third kappa shape index (κ3) is 80.8. The highest BCUT2D eigenvalue weighted by atomic mass is 19.3. The van der Waals surface area contributed by atoms with Crippen LogP contribution in [0.3, 0.4) is 0 Å². The molecule has 0 saturated carbocycles. The summed E-state index contributed by atoms with van der Waals surface area (Å²) in [6, 6.07) is 0.0300. The zero-order chi connectivity index (χ0) is 101. The first-order chi connectivity index (χ1) is 64.7. The van der Waals surface area contributed by atoms with Crippen LogP contribution in [0.2, 0.25) is 0 Å². The van der Waals surface area contributed by atoms with Crippen LogP contribution in [-0.2, 0) is 71.1 Å². The molecule has 812 valence electrons. The smallest absolute Gasteiger partial charge is 0.317 e. The molecule has 0 radical (unpaired) electrons. The molecule has 0 aromatic heterocycles. The molecule has 30 nitrogen and oxygen atoms in total. The van der Waals surface area contributed by atoms with Crippen molar-refractivity contribution in [2.24, 2.45) is 5.92 Å². The third-order valence-electron chi connectivity index (χ3n) is 23.7. The molecule has 0 aliphatic carbocycles. The predicted octanol–water partition coefficient (Wildman–Crippen LogP) is 12.5. The fourth-order valence-corrected chi connectivity index (χ4v) is 15.5. The topological polar surface area (TPSA) is 234 Å². The van der Waals surface area contributed by atoms with Gasteiger partial charge in [-0.3, -0.25) is 34.2 Å². The molecular formula is C103H212F3N13O17. The maximum absolute atomic E-state index is 12.7. The van der Waals surface area contributed by atoms with Gasteiger partial charge in [0.15, 0.2) is 0 Å². The number of halogens is 3. The first kappa shape index (κ1) is 132. The van der Waals surface area contributed by atoms with Gasteiger partial charge in [0.2, 0.25) is 5.91 Å². The highest BCUT2D eigenvalue weighted by Crippen LogP contribution is 2.27. The Bertz CT molecular complexity index is 2550. The molecule has 0 aromatic rings. The number of ether oxygens (including phenoxy) is 14. The number of piperidine rings is 1. The van der Waals surface area contributed by atoms with E-state index < -0.39 is 12.1 Å². The lowest BCUT2D eigenvalue weighted by atomic mass is 9.94. The van der Waals surface area contributed by atoms with Crippen LogP contribution in [0.4, 0.5) is 18.0 Å². The van der Waals surface area contributed by atoms with Gasteiger partial charge in [0.1, 0.15) is 6.17 Å². The molecule has 11 aliphatic heterocycles. The van der Waals surface area contributed by atoms with Gasteiger partial charge in [0.05, 0.1) is 165 Å². The van der Waals surface area contributed by atoms with E-state index in [1.165, 1.54) is 111 Å². The van der Waals surface area contributed by atoms with Gasteiger partial charge in [-0.1, -0.05) is 0 Å². The number of aliphatic hydroxyl groups excluding tert-OH is 1. The Morgan fingerprint density at radius 2 is 0.728 bits per heavy atom. The highest BCUT2D eigenvalue weighted by molar-refractivity contribution is 5.78. The Balaban J connectivity index is 0.000000749. The number of hydrogen-bond acceptors (Lipinski definition) is 27. The van der Waals surface area contributed by atoms with E-state index in [0.717, 1.165) is 222 Å². The van der Waals surface area contributed by atoms with Crippen LogP contribution < -0.4 is 5.32 Å². The number of urea groups is 1. The standard InChI is InChI=1S/C11H24N2O.C11H23NO.C10H22N2O.C10H21NO2.C9H17F2NO.C9H18FNO.2C9H19NO2.C9H17NO2.C8H16N2O2.C8H16O2/c1-11(2)14-10-4-5-13-8-6-12(3)7-9-13;1-10(2)13-9-6-11-4-7-12(3)8-5-11;1-10(2)13-9-8-12-6-4-11(3)5-7-12;1-10(2)13-7-3-4-11-5-8-12-9-6-11;1-8(2)13-6-5-12-4-3-9(10,11)7-12;1-8(2)12-6-5-11-4-3-9(10)7-11;1-9(2)12-8-5-10-3-6-11-7-4-10;1-8(2)12-6-5-10-4-3-9(11)7-10;1-8(2)12-7-6-10-5-3-4-9(10)11;1-7(2)12-6-5-10-4-3-9-8(10)11;1-7(2)10-6-8-4-3-5-9-8/h11H,4-10H2,1-3H3;10-11H,4-9H2,1-3H3;10H,4-9H2,1-3H3;10H,3-9H2,1-2H3;8H,3-7H2,1-2H3;8-9H,3-7H2,1-2H3;9H,3-8H2,1-2H3;8-9,11H,3-7H2,1-2H3;8H,3-7H2,1-2H3;7H,3-6H2,1-2H3,(H,9,11);7-8H,3-6H2,1-2H3. The van der Waals surface area contributed by atoms with Gasteiger partial charge in [-0.2, -0.15) is 0 Å². The number of aliphatic hydroxyl groups is 1. The minimum Gasteiger partial charge on any atom is -0.392 e. The molecule has 33 heteroatoms. The molecule has 136 heavy (non-hydrogen) atoms. The van der Waals surface area contributed by atoms with E-state index in [0.29, 0.717) is 101 Å². The lowest BCUT2D eigenvalue weighted by Gasteiger charge is -2.32. The summed E-state index contributed by atoms with van der Waals surface area (Å²) in [5.41, 5.74) is 0. The summed E-state index contributed by atoms with van der Waals surface area (Å²) in [6.07, 6.45) is 15.2. The number of nitrogens with zero attached hydrogens (tertiary/aromatic N) is 12. The van der Waals surface area contributed by atoms with E-state index in [2.05, 4.69) is 154 Å². The van der Waals surface area contributed by atoms with Crippen LogP contribution >= 0.6 is 0 Å². The predicted molar refractivity (Wildman–Crippen MR) is 547 cm³/mol. The molecule has 0 spiro atoms. The first-order valence-electron chi connectivity index (χ1n) is 53.3. The Morgan fingerprint density at radius 1 is 0.360 bits per heavy atom. The lowest BCUT2D eigenvalue weighted by Crippen LogP contribution is -2.45. The van der Waals surface area contributed by atoms with E-state index >= 15 is 0 Å². The summed E-state index contributed by atoms with van der Waals surface area (Å²) in [6.45, 7) is 89.1. The lowest BCUT2D eigenvalue weighted by molar-refractivity contribution is -0.128. The second-order valence-electron chi connectivity index (χ2n) is 40.7. The SMILES string of the molecule is CC(C)OCC1CCCO1.CC(C)OCCC1CCN(C)CC1.CC(C)OCCCN1CCN(C)CC1.CC(C)OCCCN1CCOCC1.CC(C)OCCN1CCC(F)(F)C1.CC(C)OCCN1CCC(F)C1.CC(C)OCCN1CCC(O)C1.CC(C)OCCN1CCCC1=O.CC(C)OCCN1CCN(C)CC1.CC(C)OCCN1CCNC1=O.CC(C)OCCN1CCOCC1. The summed E-state index contributed by atoms with van der Waals surface area (Å²) in [4.78, 5) is 48.9. The Hall–Kier alpha value is -2.47. The van der Waals surface area contributed by atoms with Gasteiger partial charge in [-0.15, -0.1) is 0 Å². The first-order valence-corrected chi connectivity index (χ1v) is 53.3. The van der Waals surface area contributed by atoms with Gasteiger partial charge in [0, 0.05) is 229 Å². The van der Waals surface area contributed by atoms with Crippen LogP contribution in [-0.4, -0.2) is 504 Å². The van der Waals surface area contributed by atoms with Crippen LogP contribution in [0, 0.1) is 5.92 Å². The van der Waals surface area contributed by atoms with Crippen LogP contribution in [0.15, 0.2) is 0 Å². The van der Waals surface area contributed by atoms with Gasteiger partial charge < -0.3 is 106 Å². The van der Waals surface area contributed by atoms with Crippen molar-refractivity contribution in [2.45, 2.75) is 321 Å². The van der Waals surface area contributed by atoms with E-state index in [1.54, 1.807) is 9.80 Å². The average molecular weight is 1960 g/mol. The number of hydrogen-bond donors (Lipinski definition) is 2. The number of alkyl halides is 3. The van der Waals surface area contributed by atoms with Crippen molar-refractivity contribution in [1.82, 2.24) is 64.1 Å². The van der Waals surface area contributed by atoms with Crippen molar-refractivity contribution in [3.8, 4) is 0 Å². The normalized spacial score (nSPS) is 21.5. The van der Waals surface area contributed by atoms with E-state index in [1.807, 2.05) is 74.1 Å². The molecule has 11 rings (SSSR count). The zero-order valence-corrected chi connectivity index (χ0v) is 91.6. The molecule has 3 unspecified atom stereocenters. The van der Waals surface area contributed by atoms with Gasteiger partial charge >= 0.3 is 6.03 Å². The van der Waals surface area contributed by atoms with Crippen LogP contribution in [0.5, 0.6) is 0 Å². The maximum Gasteiger partial charge on any atom is 0.317 e. The monoisotopic (exact) mass is 1960 g/mol. The Morgan fingerprint density at radius 3 is 1.09 bits per heavy atom. The number of likely N-dealkylation sites (tertiary alicyclic amines) is 5. The minimum absolute atomic E-state index is 0.00528. The second-order valence-corrected chi connectivity index (χ2v) is 40.7. The molecular weight excluding hydrogens is 1750 g/mol. The molecule has 0 aromatic carbocycles. The Labute approximate surface area is 829 Å². The number of rotatable bonds is 45. The van der Waals surface area contributed by atoms with Gasteiger partial charge in [-0.25, -0.2) is 18.0 Å². The van der Waals surface area contributed by atoms with Crippen molar-refractivity contribution in [3.05, 3.63) is 0 Å². The summed E-state index contributed by atoms with van der Waals surface area (Å²) in [5.74, 6) is -1.28. The highest BCUT2D eigenvalue weighted by Gasteiger charge is 2.38. The number of likely N-dealkylation sites (N-methyl/N-ethyl adjacent to an activating group) is 2. The van der Waals surface area contributed by atoms with E-state index in [9.17, 15) is 27.9 Å². The van der Waals surface area contributed by atoms with Gasteiger partial charge in [-0.05, 0) is 257 Å². The van der Waals surface area contributed by atoms with Gasteiger partial charge in [0.25, 0.3) is 5.92 Å². The Kier molecular flexibility index (Phi) is 80.9. The molecule has 11 fully saturated rings. The quantitative estimate of drug-likeness (QED) is 0.0539. The minimum atomic E-state index is -2.47. The van der Waals surface area contributed by atoms with Crippen molar-refractivity contribution in [2.75, 3.05) is 336 Å². The summed E-state index contributed by atoms with van der Waals surface area (Å²) in [5, 5.41) is 12.0. The maximum atomic E-state index is 12.7.